The van der Waals surface area contributed by atoms with E-state index in [2.05, 4.69) is 5.18 Å². The minimum Gasteiger partial charge on any atom is -0.394 e. The van der Waals surface area contributed by atoms with E-state index < -0.39 is 74.4 Å². The molecule has 6 N–H and O–H groups in total. The second kappa shape index (κ2) is 8.75. The third kappa shape index (κ3) is 3.99. The first kappa shape index (κ1) is 20.6. The van der Waals surface area contributed by atoms with Gasteiger partial charge in [0.1, 0.15) is 42.7 Å². The first-order chi connectivity index (χ1) is 11.9. The molecule has 0 aromatic carbocycles. The van der Waals surface area contributed by atoms with Gasteiger partial charge in [0.05, 0.1) is 19.3 Å². The smallest absolute Gasteiger partial charge is 0.186 e. The van der Waals surface area contributed by atoms with Crippen LogP contribution in [0.25, 0.3) is 0 Å². The largest absolute Gasteiger partial charge is 0.394 e. The molecule has 0 bridgehead atoms. The molecule has 11 heteroatoms. The van der Waals surface area contributed by atoms with E-state index in [-0.39, 0.29) is 0 Å². The molecule has 0 radical (unpaired) electrons. The van der Waals surface area contributed by atoms with Crippen molar-refractivity contribution in [2.75, 3.05) is 13.2 Å². The molecule has 10 atom stereocenters. The molecule has 0 aromatic rings. The lowest BCUT2D eigenvalue weighted by Crippen LogP contribution is -2.64. The van der Waals surface area contributed by atoms with Crippen molar-refractivity contribution in [1.82, 2.24) is 0 Å². The molecule has 2 fully saturated rings. The van der Waals surface area contributed by atoms with Crippen LogP contribution in [0.15, 0.2) is 5.18 Å². The van der Waals surface area contributed by atoms with Crippen LogP contribution in [-0.4, -0.2) is 105 Å². The summed E-state index contributed by atoms with van der Waals surface area (Å²) in [7, 11) is 0. The molecular weight excluding hydrogens is 342 g/mol. The third-order valence-electron chi connectivity index (χ3n) is 4.63. The summed E-state index contributed by atoms with van der Waals surface area (Å²) in [5.74, 6) is 0. The molecule has 2 rings (SSSR count). The lowest BCUT2D eigenvalue weighted by Gasteiger charge is -2.45. The Hall–Kier alpha value is -0.760. The van der Waals surface area contributed by atoms with Crippen LogP contribution in [-0.2, 0) is 14.2 Å². The molecule has 11 nitrogen and oxygen atoms in total. The zero-order chi connectivity index (χ0) is 18.7. The summed E-state index contributed by atoms with van der Waals surface area (Å²) < 4.78 is 16.1. The highest BCUT2D eigenvalue weighted by Crippen LogP contribution is 2.30. The summed E-state index contributed by atoms with van der Waals surface area (Å²) in [6, 6.07) is -1.52. The number of hydrogen-bond donors (Lipinski definition) is 6. The van der Waals surface area contributed by atoms with Crippen LogP contribution < -0.4 is 0 Å². The third-order valence-corrected chi connectivity index (χ3v) is 4.63. The maximum Gasteiger partial charge on any atom is 0.186 e. The SMILES string of the molecule is CCC1OC(CO)C(OC2OC(CO)C(O)C(N=O)C2O)C(O)C1O. The summed E-state index contributed by atoms with van der Waals surface area (Å²) in [4.78, 5) is 10.9. The van der Waals surface area contributed by atoms with E-state index >= 15 is 0 Å². The van der Waals surface area contributed by atoms with E-state index in [1.165, 1.54) is 0 Å². The normalized spacial score (nSPS) is 48.3. The van der Waals surface area contributed by atoms with Crippen LogP contribution in [0.1, 0.15) is 13.3 Å². The van der Waals surface area contributed by atoms with Gasteiger partial charge in [-0.05, 0) is 6.42 Å². The van der Waals surface area contributed by atoms with Crippen molar-refractivity contribution in [2.24, 2.45) is 5.18 Å². The fourth-order valence-electron chi connectivity index (χ4n) is 3.13. The van der Waals surface area contributed by atoms with Gasteiger partial charge in [0.2, 0.25) is 0 Å². The van der Waals surface area contributed by atoms with Gasteiger partial charge < -0.3 is 44.8 Å². The van der Waals surface area contributed by atoms with Gasteiger partial charge in [0.25, 0.3) is 0 Å². The van der Waals surface area contributed by atoms with Crippen LogP contribution in [0.5, 0.6) is 0 Å². The van der Waals surface area contributed by atoms with Gasteiger partial charge in [0.15, 0.2) is 12.3 Å². The minimum atomic E-state index is -1.68. The molecule has 146 valence electrons. The molecule has 25 heavy (non-hydrogen) atoms. The van der Waals surface area contributed by atoms with E-state index in [0.29, 0.717) is 6.42 Å². The van der Waals surface area contributed by atoms with Crippen LogP contribution in [0.2, 0.25) is 0 Å². The molecule has 0 aliphatic carbocycles. The van der Waals surface area contributed by atoms with Crippen molar-refractivity contribution in [3.8, 4) is 0 Å². The van der Waals surface area contributed by atoms with E-state index in [4.69, 9.17) is 14.2 Å². The summed E-state index contributed by atoms with van der Waals surface area (Å²) in [6.07, 6.45) is -11.3. The number of aliphatic hydroxyl groups is 6. The number of rotatable bonds is 6. The van der Waals surface area contributed by atoms with Gasteiger partial charge in [-0.1, -0.05) is 12.1 Å². The lowest BCUT2D eigenvalue weighted by atomic mass is 9.93. The Morgan fingerprint density at radius 3 is 2.04 bits per heavy atom. The average Bonchev–Trinajstić information content (AvgIpc) is 2.61. The Morgan fingerprint density at radius 1 is 0.880 bits per heavy atom. The van der Waals surface area contributed by atoms with Gasteiger partial charge >= 0.3 is 0 Å². The molecular formula is C14H25NO10. The molecule has 10 unspecified atom stereocenters. The number of aliphatic hydroxyl groups excluding tert-OH is 6. The number of hydrogen-bond acceptors (Lipinski definition) is 11. The Morgan fingerprint density at radius 2 is 1.52 bits per heavy atom. The van der Waals surface area contributed by atoms with E-state index in [9.17, 15) is 35.5 Å². The molecule has 2 saturated heterocycles. The maximum atomic E-state index is 10.9. The summed E-state index contributed by atoms with van der Waals surface area (Å²) in [5, 5.41) is 61.6. The lowest BCUT2D eigenvalue weighted by molar-refractivity contribution is -0.328. The Labute approximate surface area is 143 Å². The number of nitrogens with zero attached hydrogens (tertiary/aromatic N) is 1. The predicted molar refractivity (Wildman–Crippen MR) is 80.3 cm³/mol. The average molecular weight is 367 g/mol. The first-order valence-corrected chi connectivity index (χ1v) is 8.12. The fraction of sp³-hybridized carbons (Fsp3) is 1.00. The van der Waals surface area contributed by atoms with Gasteiger partial charge in [-0.2, -0.15) is 4.91 Å². The summed E-state index contributed by atoms with van der Waals surface area (Å²) >= 11 is 0. The van der Waals surface area contributed by atoms with Crippen LogP contribution in [0, 0.1) is 4.91 Å². The highest BCUT2D eigenvalue weighted by atomic mass is 16.7. The van der Waals surface area contributed by atoms with Crippen molar-refractivity contribution in [2.45, 2.75) is 74.5 Å². The monoisotopic (exact) mass is 367 g/mol. The van der Waals surface area contributed by atoms with E-state index in [1.807, 2.05) is 0 Å². The first-order valence-electron chi connectivity index (χ1n) is 8.12. The van der Waals surface area contributed by atoms with Gasteiger partial charge in [0, 0.05) is 0 Å². The van der Waals surface area contributed by atoms with Crippen molar-refractivity contribution < 1.29 is 44.8 Å². The van der Waals surface area contributed by atoms with Crippen molar-refractivity contribution in [3.63, 3.8) is 0 Å². The zero-order valence-electron chi connectivity index (χ0n) is 13.7. The molecule has 0 aromatic heterocycles. The van der Waals surface area contributed by atoms with Crippen LogP contribution in [0.3, 0.4) is 0 Å². The van der Waals surface area contributed by atoms with Gasteiger partial charge in [-0.3, -0.25) is 0 Å². The standard InChI is InChI=1S/C14H25NO10/c1-2-5-10(19)12(21)13(7(4-17)23-5)25-14-11(20)8(15-22)9(18)6(3-16)24-14/h5-14,16-21H,2-4H2,1H3. The second-order valence-corrected chi connectivity index (χ2v) is 6.19. The Balaban J connectivity index is 2.16. The Bertz CT molecular complexity index is 438. The number of ether oxygens (including phenoxy) is 3. The Kier molecular flexibility index (Phi) is 7.19. The highest BCUT2D eigenvalue weighted by Gasteiger charge is 2.50. The molecule has 0 spiro atoms. The van der Waals surface area contributed by atoms with Crippen LogP contribution in [0.4, 0.5) is 0 Å². The van der Waals surface area contributed by atoms with Crippen molar-refractivity contribution in [1.29, 1.82) is 0 Å². The number of nitroso groups, excluding NO2 is 1. The summed E-state index contributed by atoms with van der Waals surface area (Å²) in [5.41, 5.74) is 0. The predicted octanol–water partition coefficient (Wildman–Crippen LogP) is -3.16. The van der Waals surface area contributed by atoms with Gasteiger partial charge in [-0.15, -0.1) is 0 Å². The van der Waals surface area contributed by atoms with Crippen molar-refractivity contribution in [3.05, 3.63) is 4.91 Å². The quantitative estimate of drug-likeness (QED) is 0.262. The zero-order valence-corrected chi connectivity index (χ0v) is 13.7. The van der Waals surface area contributed by atoms with Gasteiger partial charge in [-0.25, -0.2) is 0 Å². The maximum absolute atomic E-state index is 10.9. The van der Waals surface area contributed by atoms with Crippen LogP contribution >= 0.6 is 0 Å². The van der Waals surface area contributed by atoms with Crippen molar-refractivity contribution >= 4 is 0 Å². The summed E-state index contributed by atoms with van der Waals surface area (Å²) in [6.45, 7) is 0.542. The molecule has 2 aliphatic heterocycles. The van der Waals surface area contributed by atoms with E-state index in [0.717, 1.165) is 0 Å². The molecule has 0 saturated carbocycles. The molecule has 0 amide bonds. The molecule has 2 heterocycles. The topological polar surface area (TPSA) is 178 Å². The molecule has 2 aliphatic rings. The fourth-order valence-corrected chi connectivity index (χ4v) is 3.13. The second-order valence-electron chi connectivity index (χ2n) is 6.19. The van der Waals surface area contributed by atoms with E-state index in [1.54, 1.807) is 6.92 Å². The highest BCUT2D eigenvalue weighted by molar-refractivity contribution is 4.97. The minimum absolute atomic E-state index is 0.389.